The first-order chi connectivity index (χ1) is 16.7. The smallest absolute Gasteiger partial charge is 0.336 e. The molecule has 2 aromatic heterocycles. The van der Waals surface area contributed by atoms with E-state index < -0.39 is 29.6 Å². The number of fused-ring (bicyclic) bond motifs is 2. The minimum absolute atomic E-state index is 0.0311. The van der Waals surface area contributed by atoms with Crippen LogP contribution in [0, 0.1) is 0 Å². The third-order valence-electron chi connectivity index (χ3n) is 5.71. The second kappa shape index (κ2) is 9.71. The van der Waals surface area contributed by atoms with E-state index in [1.165, 1.54) is 31.2 Å². The van der Waals surface area contributed by atoms with Crippen molar-refractivity contribution in [1.82, 2.24) is 10.3 Å². The van der Waals surface area contributed by atoms with Gasteiger partial charge in [-0.1, -0.05) is 18.5 Å². The fourth-order valence-electron chi connectivity index (χ4n) is 3.89. The van der Waals surface area contributed by atoms with Gasteiger partial charge in [0.25, 0.3) is 5.91 Å². The summed E-state index contributed by atoms with van der Waals surface area (Å²) in [5.41, 5.74) is 1.80. The summed E-state index contributed by atoms with van der Waals surface area (Å²) in [6.45, 7) is 3.33. The molecular formula is C25H22ClN2O7-. The number of benzene rings is 2. The lowest BCUT2D eigenvalue weighted by Crippen LogP contribution is -2.52. The van der Waals surface area contributed by atoms with Gasteiger partial charge in [0, 0.05) is 41.0 Å². The largest absolute Gasteiger partial charge is 0.548 e. The molecule has 0 aliphatic carbocycles. The molecular weight excluding hydrogens is 476 g/mol. The van der Waals surface area contributed by atoms with Crippen molar-refractivity contribution in [3.8, 4) is 11.5 Å². The number of phenolic OH excluding ortho intramolecular Hbond substituents is 1. The highest BCUT2D eigenvalue weighted by Gasteiger charge is 2.23. The van der Waals surface area contributed by atoms with E-state index in [1.807, 2.05) is 6.92 Å². The highest BCUT2D eigenvalue weighted by molar-refractivity contribution is 6.32. The number of carboxylic acid groups (broad SMARTS) is 1. The van der Waals surface area contributed by atoms with Crippen LogP contribution >= 0.6 is 11.6 Å². The number of carbonyl (C=O) groups excluding carboxylic acids is 2. The summed E-state index contributed by atoms with van der Waals surface area (Å²) in [7, 11) is 0. The van der Waals surface area contributed by atoms with Crippen LogP contribution in [0.15, 0.2) is 51.8 Å². The lowest BCUT2D eigenvalue weighted by molar-refractivity contribution is -0.308. The average molecular weight is 498 g/mol. The highest BCUT2D eigenvalue weighted by Crippen LogP contribution is 2.32. The molecule has 3 N–H and O–H groups in total. The number of carbonyl (C=O) groups is 2. The van der Waals surface area contributed by atoms with Crippen molar-refractivity contribution in [3.05, 3.63) is 69.2 Å². The molecule has 35 heavy (non-hydrogen) atoms. The molecule has 0 aliphatic heterocycles. The Labute approximate surface area is 204 Å². The number of carboxylic acids is 1. The van der Waals surface area contributed by atoms with Gasteiger partial charge in [0.2, 0.25) is 0 Å². The second-order valence-electron chi connectivity index (χ2n) is 8.11. The molecule has 2 heterocycles. The number of ether oxygens (including phenoxy) is 1. The van der Waals surface area contributed by atoms with Gasteiger partial charge in [0.15, 0.2) is 6.10 Å². The molecule has 9 nitrogen and oxygen atoms in total. The maximum Gasteiger partial charge on any atom is 0.336 e. The van der Waals surface area contributed by atoms with Gasteiger partial charge in [-0.2, -0.15) is 0 Å². The Hall–Kier alpha value is -3.98. The third kappa shape index (κ3) is 5.09. The number of aromatic amines is 1. The number of halogens is 1. The second-order valence-corrected chi connectivity index (χ2v) is 8.52. The van der Waals surface area contributed by atoms with Gasteiger partial charge in [-0.3, -0.25) is 4.79 Å². The zero-order valence-electron chi connectivity index (χ0n) is 18.9. The standard InChI is InChI=1S/C25H23ClN2O7/c1-3-13-7-23(30)35-21-10-22(18(26)9-17(13)21)34-12(2)24(31)28-20(25(32)33)6-14-11-27-19-5-4-15(29)8-16(14)19/h4-5,7-12,20,27,29H,3,6H2,1-2H3,(H,28,31)(H,32,33)/p-1/t12-,20+/m1/s1. The summed E-state index contributed by atoms with van der Waals surface area (Å²) in [5, 5.41) is 25.4. The van der Waals surface area contributed by atoms with Crippen LogP contribution in [0.4, 0.5) is 0 Å². The zero-order valence-corrected chi connectivity index (χ0v) is 19.6. The number of nitrogens with one attached hydrogen (secondary N) is 2. The predicted octanol–water partition coefficient (Wildman–Crippen LogP) is 2.44. The summed E-state index contributed by atoms with van der Waals surface area (Å²) in [4.78, 5) is 39.3. The van der Waals surface area contributed by atoms with E-state index >= 15 is 0 Å². The highest BCUT2D eigenvalue weighted by atomic mass is 35.5. The number of aromatic hydroxyl groups is 1. The van der Waals surface area contributed by atoms with E-state index in [1.54, 1.807) is 18.3 Å². The number of hydrogen-bond donors (Lipinski definition) is 3. The van der Waals surface area contributed by atoms with Gasteiger partial charge < -0.3 is 34.5 Å². The molecule has 1 amide bonds. The zero-order chi connectivity index (χ0) is 25.3. The first kappa shape index (κ1) is 24.2. The van der Waals surface area contributed by atoms with Crippen molar-refractivity contribution in [2.24, 2.45) is 0 Å². The maximum atomic E-state index is 12.7. The van der Waals surface area contributed by atoms with Gasteiger partial charge in [-0.05, 0) is 48.7 Å². The van der Waals surface area contributed by atoms with Crippen molar-refractivity contribution in [2.45, 2.75) is 38.8 Å². The van der Waals surface area contributed by atoms with Crippen LogP contribution in [-0.4, -0.2) is 34.1 Å². The summed E-state index contributed by atoms with van der Waals surface area (Å²) >= 11 is 6.34. The van der Waals surface area contributed by atoms with Crippen molar-refractivity contribution >= 4 is 45.3 Å². The fourth-order valence-corrected chi connectivity index (χ4v) is 4.10. The number of H-pyrrole nitrogens is 1. The Morgan fingerprint density at radius 3 is 2.69 bits per heavy atom. The molecule has 0 radical (unpaired) electrons. The minimum atomic E-state index is -1.47. The molecule has 182 valence electrons. The van der Waals surface area contributed by atoms with Gasteiger partial charge in [0.05, 0.1) is 17.0 Å². The van der Waals surface area contributed by atoms with Gasteiger partial charge in [-0.15, -0.1) is 0 Å². The first-order valence-corrected chi connectivity index (χ1v) is 11.3. The number of amides is 1. The van der Waals surface area contributed by atoms with Crippen LogP contribution in [0.1, 0.15) is 25.0 Å². The minimum Gasteiger partial charge on any atom is -0.548 e. The topological polar surface area (TPSA) is 145 Å². The molecule has 0 saturated heterocycles. The van der Waals surface area contributed by atoms with Crippen LogP contribution in [0.2, 0.25) is 5.02 Å². The normalized spacial score (nSPS) is 13.0. The monoisotopic (exact) mass is 497 g/mol. The molecule has 10 heteroatoms. The van der Waals surface area contributed by atoms with Crippen LogP contribution in [-0.2, 0) is 22.4 Å². The summed E-state index contributed by atoms with van der Waals surface area (Å²) < 4.78 is 10.9. The molecule has 0 bridgehead atoms. The molecule has 2 aromatic carbocycles. The third-order valence-corrected chi connectivity index (χ3v) is 6.01. The molecule has 0 saturated carbocycles. The van der Waals surface area contributed by atoms with Crippen LogP contribution in [0.3, 0.4) is 0 Å². The summed E-state index contributed by atoms with van der Waals surface area (Å²) in [6.07, 6.45) is 1.00. The predicted molar refractivity (Wildman–Crippen MR) is 128 cm³/mol. The van der Waals surface area contributed by atoms with Crippen molar-refractivity contribution in [1.29, 1.82) is 0 Å². The molecule has 0 unspecified atom stereocenters. The molecule has 0 fully saturated rings. The van der Waals surface area contributed by atoms with Crippen molar-refractivity contribution < 1.29 is 29.0 Å². The SMILES string of the molecule is CCc1cc(=O)oc2cc(O[C@H](C)C(=O)N[C@@H](Cc3c[nH]c4ccc(O)cc34)C(=O)[O-])c(Cl)cc12. The molecule has 0 aliphatic rings. The fraction of sp³-hybridized carbons (Fsp3) is 0.240. The van der Waals surface area contributed by atoms with E-state index in [-0.39, 0.29) is 28.5 Å². The number of aryl methyl sites for hydroxylation is 1. The lowest BCUT2D eigenvalue weighted by Gasteiger charge is -2.22. The van der Waals surface area contributed by atoms with E-state index in [4.69, 9.17) is 20.8 Å². The number of phenols is 1. The van der Waals surface area contributed by atoms with Crippen LogP contribution < -0.4 is 20.8 Å². The Morgan fingerprint density at radius 1 is 1.20 bits per heavy atom. The van der Waals surface area contributed by atoms with Gasteiger partial charge in [0.1, 0.15) is 17.1 Å². The summed E-state index contributed by atoms with van der Waals surface area (Å²) in [5.74, 6) is -2.04. The van der Waals surface area contributed by atoms with E-state index in [0.717, 1.165) is 5.56 Å². The first-order valence-electron chi connectivity index (χ1n) is 10.9. The quantitative estimate of drug-likeness (QED) is 0.317. The average Bonchev–Trinajstić information content (AvgIpc) is 3.20. The van der Waals surface area contributed by atoms with Crippen LogP contribution in [0.25, 0.3) is 21.9 Å². The van der Waals surface area contributed by atoms with E-state index in [9.17, 15) is 24.6 Å². The van der Waals surface area contributed by atoms with Crippen molar-refractivity contribution in [2.75, 3.05) is 0 Å². The van der Waals surface area contributed by atoms with E-state index in [0.29, 0.717) is 28.3 Å². The number of rotatable bonds is 8. The van der Waals surface area contributed by atoms with Crippen LogP contribution in [0.5, 0.6) is 11.5 Å². The van der Waals surface area contributed by atoms with E-state index in [2.05, 4.69) is 10.3 Å². The lowest BCUT2D eigenvalue weighted by atomic mass is 10.0. The van der Waals surface area contributed by atoms with Crippen molar-refractivity contribution in [3.63, 3.8) is 0 Å². The van der Waals surface area contributed by atoms with Gasteiger partial charge in [-0.25, -0.2) is 4.79 Å². The molecule has 4 rings (SSSR count). The molecule has 2 atom stereocenters. The Kier molecular flexibility index (Phi) is 6.70. The number of aliphatic carboxylic acids is 1. The summed E-state index contributed by atoms with van der Waals surface area (Å²) in [6, 6.07) is 7.73. The molecule has 4 aromatic rings. The number of aromatic nitrogens is 1. The maximum absolute atomic E-state index is 12.7. The Morgan fingerprint density at radius 2 is 1.97 bits per heavy atom. The Balaban J connectivity index is 1.52. The molecule has 0 spiro atoms. The van der Waals surface area contributed by atoms with Gasteiger partial charge >= 0.3 is 5.63 Å². The Bertz CT molecular complexity index is 1490. The number of hydrogen-bond acceptors (Lipinski definition) is 7.